The lowest BCUT2D eigenvalue weighted by atomic mass is 9.95. The largest absolute Gasteiger partial charge is 0.481 e. The Morgan fingerprint density at radius 1 is 1.43 bits per heavy atom. The summed E-state index contributed by atoms with van der Waals surface area (Å²) in [5, 5.41) is 15.7. The molecule has 1 fully saturated rings. The quantitative estimate of drug-likeness (QED) is 0.707. The van der Waals surface area contributed by atoms with Gasteiger partial charge in [0, 0.05) is 6.20 Å². The van der Waals surface area contributed by atoms with Gasteiger partial charge in [0.15, 0.2) is 0 Å². The fraction of sp³-hybridized carbons (Fsp3) is 0.538. The molecule has 8 heteroatoms. The number of anilines is 1. The van der Waals surface area contributed by atoms with Gasteiger partial charge in [0.05, 0.1) is 23.7 Å². The SMILES string of the molecule is CC1C[C@H](C(=O)Nc2cnn(CC(N)=O)c2)[C@H](C(=O)O)C1. The van der Waals surface area contributed by atoms with Gasteiger partial charge in [0.2, 0.25) is 11.8 Å². The minimum Gasteiger partial charge on any atom is -0.481 e. The molecule has 4 N–H and O–H groups in total. The molecular formula is C13H18N4O4. The van der Waals surface area contributed by atoms with Gasteiger partial charge in [-0.3, -0.25) is 19.1 Å². The third-order valence-corrected chi connectivity index (χ3v) is 3.67. The average Bonchev–Trinajstić information content (AvgIpc) is 2.95. The van der Waals surface area contributed by atoms with Crippen LogP contribution in [-0.2, 0) is 20.9 Å². The van der Waals surface area contributed by atoms with Crippen molar-refractivity contribution >= 4 is 23.5 Å². The van der Waals surface area contributed by atoms with E-state index in [2.05, 4.69) is 10.4 Å². The highest BCUT2D eigenvalue weighted by Gasteiger charge is 2.41. The summed E-state index contributed by atoms with van der Waals surface area (Å²) in [6.45, 7) is 1.86. The molecule has 1 aliphatic carbocycles. The normalized spacial score (nSPS) is 24.7. The Bertz CT molecular complexity index is 568. The molecule has 0 bridgehead atoms. The molecule has 0 spiro atoms. The number of aromatic nitrogens is 2. The summed E-state index contributed by atoms with van der Waals surface area (Å²) < 4.78 is 1.31. The Balaban J connectivity index is 2.02. The first kappa shape index (κ1) is 15.0. The third kappa shape index (κ3) is 3.59. The summed E-state index contributed by atoms with van der Waals surface area (Å²) in [6, 6.07) is 0. The highest BCUT2D eigenvalue weighted by atomic mass is 16.4. The summed E-state index contributed by atoms with van der Waals surface area (Å²) in [5.41, 5.74) is 5.47. The number of rotatable bonds is 5. The van der Waals surface area contributed by atoms with Crippen molar-refractivity contribution in [3.8, 4) is 0 Å². The standard InChI is InChI=1S/C13H18N4O4/c1-7-2-9(10(3-7)13(20)21)12(19)16-8-4-15-17(5-8)6-11(14)18/h4-5,7,9-10H,2-3,6H2,1H3,(H2,14,18)(H,16,19)(H,20,21)/t7?,9-,10+/m0/s1. The van der Waals surface area contributed by atoms with Gasteiger partial charge in [0.1, 0.15) is 6.54 Å². The molecular weight excluding hydrogens is 276 g/mol. The predicted molar refractivity (Wildman–Crippen MR) is 73.1 cm³/mol. The molecule has 3 atom stereocenters. The van der Waals surface area contributed by atoms with E-state index in [-0.39, 0.29) is 18.4 Å². The van der Waals surface area contributed by atoms with E-state index in [9.17, 15) is 19.5 Å². The topological polar surface area (TPSA) is 127 Å². The Morgan fingerprint density at radius 3 is 2.71 bits per heavy atom. The molecule has 1 saturated carbocycles. The average molecular weight is 294 g/mol. The Morgan fingerprint density at radius 2 is 2.10 bits per heavy atom. The van der Waals surface area contributed by atoms with Crippen LogP contribution < -0.4 is 11.1 Å². The van der Waals surface area contributed by atoms with Crippen LogP contribution in [0.3, 0.4) is 0 Å². The van der Waals surface area contributed by atoms with Gasteiger partial charge in [0.25, 0.3) is 0 Å². The molecule has 114 valence electrons. The van der Waals surface area contributed by atoms with E-state index < -0.39 is 23.7 Å². The lowest BCUT2D eigenvalue weighted by molar-refractivity contribution is -0.145. The molecule has 0 aromatic carbocycles. The van der Waals surface area contributed by atoms with E-state index in [1.165, 1.54) is 17.1 Å². The number of carboxylic acids is 1. The third-order valence-electron chi connectivity index (χ3n) is 3.67. The first-order valence-corrected chi connectivity index (χ1v) is 6.71. The first-order valence-electron chi connectivity index (χ1n) is 6.71. The first-order chi connectivity index (χ1) is 9.86. The predicted octanol–water partition coefficient (Wildman–Crippen LogP) is 0.0538. The van der Waals surface area contributed by atoms with Crippen molar-refractivity contribution in [3.63, 3.8) is 0 Å². The van der Waals surface area contributed by atoms with Crippen molar-refractivity contribution in [2.45, 2.75) is 26.3 Å². The fourth-order valence-electron chi connectivity index (χ4n) is 2.76. The van der Waals surface area contributed by atoms with Crippen LogP contribution in [0.5, 0.6) is 0 Å². The van der Waals surface area contributed by atoms with Crippen LogP contribution in [0.15, 0.2) is 12.4 Å². The van der Waals surface area contributed by atoms with Gasteiger partial charge in [-0.15, -0.1) is 0 Å². The number of hydrogen-bond acceptors (Lipinski definition) is 4. The number of hydrogen-bond donors (Lipinski definition) is 3. The number of carbonyl (C=O) groups excluding carboxylic acids is 2. The van der Waals surface area contributed by atoms with Gasteiger partial charge in [-0.2, -0.15) is 5.10 Å². The molecule has 1 aromatic heterocycles. The van der Waals surface area contributed by atoms with E-state index >= 15 is 0 Å². The molecule has 21 heavy (non-hydrogen) atoms. The van der Waals surface area contributed by atoms with Gasteiger partial charge in [-0.1, -0.05) is 6.92 Å². The van der Waals surface area contributed by atoms with Crippen molar-refractivity contribution < 1.29 is 19.5 Å². The molecule has 2 amide bonds. The van der Waals surface area contributed by atoms with Crippen molar-refractivity contribution in [2.24, 2.45) is 23.5 Å². The number of carbonyl (C=O) groups is 3. The maximum absolute atomic E-state index is 12.2. The van der Waals surface area contributed by atoms with Crippen LogP contribution in [0.4, 0.5) is 5.69 Å². The maximum Gasteiger partial charge on any atom is 0.307 e. The number of primary amides is 1. The lowest BCUT2D eigenvalue weighted by Crippen LogP contribution is -2.29. The van der Waals surface area contributed by atoms with E-state index in [4.69, 9.17) is 5.73 Å². The number of aliphatic carboxylic acids is 1. The van der Waals surface area contributed by atoms with E-state index in [1.807, 2.05) is 6.92 Å². The summed E-state index contributed by atoms with van der Waals surface area (Å²) in [6.07, 6.45) is 3.94. The highest BCUT2D eigenvalue weighted by molar-refractivity contribution is 5.95. The molecule has 1 aromatic rings. The van der Waals surface area contributed by atoms with Gasteiger partial charge >= 0.3 is 5.97 Å². The van der Waals surface area contributed by atoms with E-state index in [0.717, 1.165) is 0 Å². The minimum atomic E-state index is -0.941. The second-order valence-electron chi connectivity index (χ2n) is 5.51. The van der Waals surface area contributed by atoms with Crippen LogP contribution >= 0.6 is 0 Å². The zero-order valence-electron chi connectivity index (χ0n) is 11.7. The Kier molecular flexibility index (Phi) is 4.25. The molecule has 1 unspecified atom stereocenters. The maximum atomic E-state index is 12.2. The van der Waals surface area contributed by atoms with E-state index in [1.54, 1.807) is 0 Å². The molecule has 2 rings (SSSR count). The van der Waals surface area contributed by atoms with Crippen molar-refractivity contribution in [3.05, 3.63) is 12.4 Å². The molecule has 0 radical (unpaired) electrons. The summed E-state index contributed by atoms with van der Waals surface area (Å²) >= 11 is 0. The second-order valence-corrected chi connectivity index (χ2v) is 5.51. The Hall–Kier alpha value is -2.38. The van der Waals surface area contributed by atoms with Crippen molar-refractivity contribution in [1.29, 1.82) is 0 Å². The number of nitrogens with zero attached hydrogens (tertiary/aromatic N) is 2. The Labute approximate surface area is 121 Å². The molecule has 0 aliphatic heterocycles. The van der Waals surface area contributed by atoms with Crippen molar-refractivity contribution in [2.75, 3.05) is 5.32 Å². The monoisotopic (exact) mass is 294 g/mol. The smallest absolute Gasteiger partial charge is 0.307 e. The van der Waals surface area contributed by atoms with E-state index in [0.29, 0.717) is 18.5 Å². The zero-order chi connectivity index (χ0) is 15.6. The fourth-order valence-corrected chi connectivity index (χ4v) is 2.76. The number of nitrogens with one attached hydrogen (secondary N) is 1. The zero-order valence-corrected chi connectivity index (χ0v) is 11.7. The molecule has 1 heterocycles. The van der Waals surface area contributed by atoms with Crippen LogP contribution in [0.2, 0.25) is 0 Å². The number of carboxylic acid groups (broad SMARTS) is 1. The number of amides is 2. The molecule has 0 saturated heterocycles. The summed E-state index contributed by atoms with van der Waals surface area (Å²) in [5.74, 6) is -2.79. The van der Waals surface area contributed by atoms with Gasteiger partial charge in [-0.25, -0.2) is 0 Å². The minimum absolute atomic E-state index is 0.0753. The molecule has 1 aliphatic rings. The summed E-state index contributed by atoms with van der Waals surface area (Å²) in [7, 11) is 0. The number of nitrogens with two attached hydrogens (primary N) is 1. The van der Waals surface area contributed by atoms with Crippen molar-refractivity contribution in [1.82, 2.24) is 9.78 Å². The van der Waals surface area contributed by atoms with Crippen LogP contribution in [0.1, 0.15) is 19.8 Å². The summed E-state index contributed by atoms with van der Waals surface area (Å²) in [4.78, 5) is 34.2. The second kappa shape index (κ2) is 5.94. The highest BCUT2D eigenvalue weighted by Crippen LogP contribution is 2.37. The van der Waals surface area contributed by atoms with Gasteiger partial charge < -0.3 is 16.2 Å². The van der Waals surface area contributed by atoms with Crippen LogP contribution in [0.25, 0.3) is 0 Å². The lowest BCUT2D eigenvalue weighted by Gasteiger charge is -2.14. The van der Waals surface area contributed by atoms with Gasteiger partial charge in [-0.05, 0) is 18.8 Å². The van der Waals surface area contributed by atoms with Crippen LogP contribution in [0, 0.1) is 17.8 Å². The van der Waals surface area contributed by atoms with Crippen LogP contribution in [-0.4, -0.2) is 32.7 Å². The molecule has 8 nitrogen and oxygen atoms in total.